The largest absolute Gasteiger partial charge is 0.493 e. The molecule has 0 aliphatic carbocycles. The molecule has 0 radical (unpaired) electrons. The van der Waals surface area contributed by atoms with Gasteiger partial charge < -0.3 is 14.8 Å². The van der Waals surface area contributed by atoms with Crippen molar-refractivity contribution in [3.05, 3.63) is 58.1 Å². The predicted molar refractivity (Wildman–Crippen MR) is 107 cm³/mol. The van der Waals surface area contributed by atoms with Gasteiger partial charge in [-0.15, -0.1) is 5.10 Å². The molecule has 134 valence electrons. The summed E-state index contributed by atoms with van der Waals surface area (Å²) in [6, 6.07) is 13.4. The molecule has 1 fully saturated rings. The van der Waals surface area contributed by atoms with Crippen LogP contribution in [0.2, 0.25) is 0 Å². The number of amidine groups is 1. The van der Waals surface area contributed by atoms with E-state index in [-0.39, 0.29) is 5.91 Å². The normalized spacial score (nSPS) is 15.5. The Morgan fingerprint density at radius 2 is 2.15 bits per heavy atom. The van der Waals surface area contributed by atoms with Crippen LogP contribution in [0.25, 0.3) is 0 Å². The number of methoxy groups -OCH3 is 1. The van der Waals surface area contributed by atoms with E-state index in [1.54, 1.807) is 13.3 Å². The van der Waals surface area contributed by atoms with Gasteiger partial charge in [-0.2, -0.15) is 5.10 Å². The first-order valence-corrected chi connectivity index (χ1v) is 9.51. The van der Waals surface area contributed by atoms with Crippen molar-refractivity contribution in [1.82, 2.24) is 5.32 Å². The Kier molecular flexibility index (Phi) is 6.30. The van der Waals surface area contributed by atoms with Crippen LogP contribution in [0.1, 0.15) is 11.1 Å². The van der Waals surface area contributed by atoms with Gasteiger partial charge in [-0.3, -0.25) is 4.79 Å². The number of benzene rings is 2. The number of thioether (sulfide) groups is 1. The number of carbonyl (C=O) groups excluding carboxylic acids is 1. The second-order valence-electron chi connectivity index (χ2n) is 5.32. The molecule has 0 atom stereocenters. The molecular formula is C18H16BrN3O3S. The topological polar surface area (TPSA) is 72.3 Å². The lowest BCUT2D eigenvalue weighted by Gasteiger charge is -2.11. The molecule has 1 aliphatic heterocycles. The van der Waals surface area contributed by atoms with Crippen LogP contribution in [0, 0.1) is 0 Å². The number of nitrogens with zero attached hydrogens (tertiary/aromatic N) is 2. The number of hydrogen-bond acceptors (Lipinski definition) is 6. The number of halogens is 1. The van der Waals surface area contributed by atoms with Crippen molar-refractivity contribution in [2.45, 2.75) is 6.61 Å². The van der Waals surface area contributed by atoms with Gasteiger partial charge in [0.25, 0.3) is 0 Å². The summed E-state index contributed by atoms with van der Waals surface area (Å²) in [4.78, 5) is 11.1. The molecule has 2 aromatic carbocycles. The average Bonchev–Trinajstić information content (AvgIpc) is 3.05. The highest BCUT2D eigenvalue weighted by Crippen LogP contribution is 2.28. The Balaban J connectivity index is 1.70. The summed E-state index contributed by atoms with van der Waals surface area (Å²) in [5, 5.41) is 11.1. The van der Waals surface area contributed by atoms with Crippen molar-refractivity contribution in [1.29, 1.82) is 0 Å². The number of hydrogen-bond donors (Lipinski definition) is 1. The van der Waals surface area contributed by atoms with E-state index in [9.17, 15) is 4.79 Å². The van der Waals surface area contributed by atoms with Crippen LogP contribution in [0.4, 0.5) is 0 Å². The third-order valence-electron chi connectivity index (χ3n) is 3.41. The van der Waals surface area contributed by atoms with Crippen LogP contribution in [-0.2, 0) is 11.4 Å². The summed E-state index contributed by atoms with van der Waals surface area (Å²) in [6.45, 7) is 0.418. The zero-order valence-corrected chi connectivity index (χ0v) is 16.3. The van der Waals surface area contributed by atoms with Crippen LogP contribution in [0.3, 0.4) is 0 Å². The summed E-state index contributed by atoms with van der Waals surface area (Å²) < 4.78 is 12.3. The Bertz CT molecular complexity index is 871. The van der Waals surface area contributed by atoms with Crippen LogP contribution < -0.4 is 14.8 Å². The van der Waals surface area contributed by atoms with Gasteiger partial charge in [0.05, 0.1) is 19.1 Å². The van der Waals surface area contributed by atoms with Gasteiger partial charge in [-0.1, -0.05) is 39.8 Å². The predicted octanol–water partition coefficient (Wildman–Crippen LogP) is 3.59. The lowest BCUT2D eigenvalue weighted by atomic mass is 10.2. The third-order valence-corrected chi connectivity index (χ3v) is 4.77. The summed E-state index contributed by atoms with van der Waals surface area (Å²) in [5.41, 5.74) is 1.86. The Morgan fingerprint density at radius 3 is 2.88 bits per heavy atom. The van der Waals surface area contributed by atoms with Crippen molar-refractivity contribution in [3.8, 4) is 11.5 Å². The summed E-state index contributed by atoms with van der Waals surface area (Å²) in [6.07, 6.45) is 1.60. The van der Waals surface area contributed by atoms with Crippen molar-refractivity contribution in [2.24, 2.45) is 10.2 Å². The Hall–Kier alpha value is -2.32. The molecule has 0 bridgehead atoms. The minimum Gasteiger partial charge on any atom is -0.493 e. The van der Waals surface area contributed by atoms with Gasteiger partial charge in [0.1, 0.15) is 6.61 Å². The summed E-state index contributed by atoms with van der Waals surface area (Å²) in [7, 11) is 1.60. The minimum absolute atomic E-state index is 0.0587. The van der Waals surface area contributed by atoms with Crippen molar-refractivity contribution < 1.29 is 14.3 Å². The zero-order chi connectivity index (χ0) is 18.4. The highest BCUT2D eigenvalue weighted by atomic mass is 79.9. The monoisotopic (exact) mass is 433 g/mol. The molecule has 3 rings (SSSR count). The van der Waals surface area contributed by atoms with E-state index in [2.05, 4.69) is 31.4 Å². The fourth-order valence-corrected chi connectivity index (χ4v) is 3.28. The first kappa shape index (κ1) is 18.5. The van der Waals surface area contributed by atoms with Crippen LogP contribution in [0.15, 0.2) is 57.1 Å². The number of ether oxygens (including phenoxy) is 2. The molecule has 26 heavy (non-hydrogen) atoms. The van der Waals surface area contributed by atoms with E-state index in [4.69, 9.17) is 9.47 Å². The lowest BCUT2D eigenvalue weighted by Crippen LogP contribution is -2.19. The molecule has 1 heterocycles. The molecule has 0 spiro atoms. The van der Waals surface area contributed by atoms with Gasteiger partial charge >= 0.3 is 0 Å². The van der Waals surface area contributed by atoms with Gasteiger partial charge in [-0.05, 0) is 41.5 Å². The fraction of sp³-hybridized carbons (Fsp3) is 0.167. The second-order valence-corrected chi connectivity index (χ2v) is 7.20. The molecule has 1 N–H and O–H groups in total. The van der Waals surface area contributed by atoms with E-state index in [1.807, 2.05) is 42.5 Å². The minimum atomic E-state index is -0.0587. The van der Waals surface area contributed by atoms with E-state index < -0.39 is 0 Å². The third kappa shape index (κ3) is 5.09. The van der Waals surface area contributed by atoms with Gasteiger partial charge in [0.2, 0.25) is 5.91 Å². The van der Waals surface area contributed by atoms with Crippen LogP contribution in [0.5, 0.6) is 11.5 Å². The van der Waals surface area contributed by atoms with Crippen molar-refractivity contribution in [3.63, 3.8) is 0 Å². The molecule has 2 aromatic rings. The standard InChI is InChI=1S/C18H16BrN3O3S/c1-24-15-6-5-12(9-20-22-18-21-17(23)11-26-18)8-16(15)25-10-13-3-2-4-14(19)7-13/h2-9H,10-11H2,1H3,(H,21,22,23). The lowest BCUT2D eigenvalue weighted by molar-refractivity contribution is -0.116. The molecule has 0 unspecified atom stereocenters. The fourth-order valence-electron chi connectivity index (χ4n) is 2.20. The highest BCUT2D eigenvalue weighted by molar-refractivity contribution is 9.10. The number of amides is 1. The maximum atomic E-state index is 11.1. The maximum absolute atomic E-state index is 11.1. The first-order chi connectivity index (χ1) is 12.6. The van der Waals surface area contributed by atoms with Gasteiger partial charge in [0.15, 0.2) is 16.7 Å². The van der Waals surface area contributed by atoms with Gasteiger partial charge in [0, 0.05) is 4.47 Å². The van der Waals surface area contributed by atoms with Crippen molar-refractivity contribution in [2.75, 3.05) is 12.9 Å². The Labute approximate surface area is 163 Å². The van der Waals surface area contributed by atoms with E-state index in [0.717, 1.165) is 15.6 Å². The van der Waals surface area contributed by atoms with Crippen LogP contribution >= 0.6 is 27.7 Å². The molecule has 1 amide bonds. The smallest absolute Gasteiger partial charge is 0.236 e. The summed E-state index contributed by atoms with van der Waals surface area (Å²) in [5.74, 6) is 1.58. The molecule has 0 aromatic heterocycles. The molecular weight excluding hydrogens is 418 g/mol. The number of rotatable bonds is 6. The first-order valence-electron chi connectivity index (χ1n) is 7.73. The maximum Gasteiger partial charge on any atom is 0.236 e. The molecule has 1 aliphatic rings. The molecule has 8 heteroatoms. The summed E-state index contributed by atoms with van der Waals surface area (Å²) >= 11 is 4.78. The zero-order valence-electron chi connectivity index (χ0n) is 13.9. The van der Waals surface area contributed by atoms with E-state index >= 15 is 0 Å². The molecule has 0 saturated carbocycles. The van der Waals surface area contributed by atoms with E-state index in [0.29, 0.717) is 29.0 Å². The van der Waals surface area contributed by atoms with Gasteiger partial charge in [-0.25, -0.2) is 0 Å². The number of carbonyl (C=O) groups is 1. The number of nitrogens with one attached hydrogen (secondary N) is 1. The van der Waals surface area contributed by atoms with E-state index in [1.165, 1.54) is 11.8 Å². The second kappa shape index (κ2) is 8.86. The van der Waals surface area contributed by atoms with Crippen LogP contribution in [-0.4, -0.2) is 30.2 Å². The molecule has 6 nitrogen and oxygen atoms in total. The highest BCUT2D eigenvalue weighted by Gasteiger charge is 2.15. The average molecular weight is 434 g/mol. The molecule has 1 saturated heterocycles. The quantitative estimate of drug-likeness (QED) is 0.557. The van der Waals surface area contributed by atoms with Crippen molar-refractivity contribution >= 4 is 45.0 Å². The Morgan fingerprint density at radius 1 is 1.27 bits per heavy atom. The SMILES string of the molecule is COc1ccc(C=NN=C2NC(=O)CS2)cc1OCc1cccc(Br)c1.